The summed E-state index contributed by atoms with van der Waals surface area (Å²) < 4.78 is 2.05. The van der Waals surface area contributed by atoms with Crippen LogP contribution in [0.25, 0.3) is 5.69 Å². The van der Waals surface area contributed by atoms with Crippen molar-refractivity contribution in [2.45, 2.75) is 13.5 Å². The second kappa shape index (κ2) is 2.54. The van der Waals surface area contributed by atoms with Crippen LogP contribution in [0, 0.1) is 6.92 Å². The normalized spacial score (nSPS) is 12.9. The number of fused-ring (bicyclic) bond motifs is 3. The molecule has 70 valence electrons. The third kappa shape index (κ3) is 0.863. The van der Waals surface area contributed by atoms with Gasteiger partial charge in [-0.05, 0) is 12.5 Å². The van der Waals surface area contributed by atoms with E-state index in [9.17, 15) is 0 Å². The molecule has 1 aliphatic heterocycles. The molecule has 14 heavy (non-hydrogen) atoms. The average molecular weight is 187 g/mol. The first-order valence-corrected chi connectivity index (χ1v) is 4.44. The highest BCUT2D eigenvalue weighted by Gasteiger charge is 2.17. The third-order valence-electron chi connectivity index (χ3n) is 2.40. The van der Waals surface area contributed by atoms with E-state index in [-0.39, 0.29) is 0 Å². The lowest BCUT2D eigenvalue weighted by molar-refractivity contribution is 0.852. The first kappa shape index (κ1) is 7.49. The Hall–Kier alpha value is -1.91. The van der Waals surface area contributed by atoms with Crippen LogP contribution in [0.3, 0.4) is 0 Å². The highest BCUT2D eigenvalue weighted by atomic mass is 15.2. The number of aromatic nitrogens is 4. The number of nitrogens with one attached hydrogen (secondary N) is 1. The van der Waals surface area contributed by atoms with Crippen molar-refractivity contribution in [2.75, 3.05) is 5.32 Å². The van der Waals surface area contributed by atoms with E-state index in [2.05, 4.69) is 25.1 Å². The fourth-order valence-corrected chi connectivity index (χ4v) is 1.72. The summed E-state index contributed by atoms with van der Waals surface area (Å²) in [6.45, 7) is 2.77. The molecular weight excluding hydrogens is 178 g/mol. The zero-order valence-corrected chi connectivity index (χ0v) is 7.73. The van der Waals surface area contributed by atoms with Gasteiger partial charge in [0, 0.05) is 0 Å². The van der Waals surface area contributed by atoms with Gasteiger partial charge in [-0.1, -0.05) is 0 Å². The molecule has 0 fully saturated rings. The maximum Gasteiger partial charge on any atom is 0.173 e. The number of hydrogen-bond acceptors (Lipinski definition) is 4. The summed E-state index contributed by atoms with van der Waals surface area (Å²) in [6, 6.07) is 0. The fourth-order valence-electron chi connectivity index (χ4n) is 1.72. The molecule has 5 nitrogen and oxygen atoms in total. The Kier molecular flexibility index (Phi) is 1.36. The topological polar surface area (TPSA) is 55.6 Å². The molecular formula is C9H9N5. The Morgan fingerprint density at radius 1 is 1.43 bits per heavy atom. The summed E-state index contributed by atoms with van der Waals surface area (Å²) in [5, 5.41) is 11.2. The molecule has 0 saturated carbocycles. The quantitative estimate of drug-likeness (QED) is 0.665. The Morgan fingerprint density at radius 2 is 2.36 bits per heavy atom. The van der Waals surface area contributed by atoms with Gasteiger partial charge in [-0.3, -0.25) is 4.57 Å². The fraction of sp³-hybridized carbons (Fsp3) is 0.222. The van der Waals surface area contributed by atoms with Crippen LogP contribution < -0.4 is 5.32 Å². The Morgan fingerprint density at radius 3 is 3.29 bits per heavy atom. The smallest absolute Gasteiger partial charge is 0.173 e. The summed E-state index contributed by atoms with van der Waals surface area (Å²) in [5.74, 6) is 0.829. The predicted octanol–water partition coefficient (Wildman–Crippen LogP) is 0.896. The van der Waals surface area contributed by atoms with Gasteiger partial charge in [0.05, 0.1) is 36.6 Å². The zero-order valence-electron chi connectivity index (χ0n) is 7.73. The molecule has 0 saturated heterocycles. The van der Waals surface area contributed by atoms with Crippen molar-refractivity contribution >= 4 is 5.82 Å². The van der Waals surface area contributed by atoms with Crippen molar-refractivity contribution in [3.05, 3.63) is 30.0 Å². The minimum Gasteiger partial charge on any atom is -0.361 e. The first-order chi connectivity index (χ1) is 6.86. The van der Waals surface area contributed by atoms with Gasteiger partial charge in [0.15, 0.2) is 5.82 Å². The highest BCUT2D eigenvalue weighted by Crippen LogP contribution is 2.26. The van der Waals surface area contributed by atoms with Gasteiger partial charge in [0.25, 0.3) is 0 Å². The van der Waals surface area contributed by atoms with Gasteiger partial charge < -0.3 is 5.32 Å². The van der Waals surface area contributed by atoms with Gasteiger partial charge in [0.1, 0.15) is 0 Å². The molecule has 3 rings (SSSR count). The molecule has 1 N–H and O–H groups in total. The standard InChI is InChI=1S/C9H9N5/c1-6-2-12-13-9-8(6)14-5-10-3-7(14)4-11-9/h2-3,5H,4H2,1H3,(H,11,13). The van der Waals surface area contributed by atoms with Gasteiger partial charge >= 0.3 is 0 Å². The summed E-state index contributed by atoms with van der Waals surface area (Å²) in [6.07, 6.45) is 5.43. The molecule has 2 aromatic heterocycles. The van der Waals surface area contributed by atoms with Crippen molar-refractivity contribution in [3.63, 3.8) is 0 Å². The van der Waals surface area contributed by atoms with E-state index in [1.807, 2.05) is 19.4 Å². The number of imidazole rings is 1. The van der Waals surface area contributed by atoms with E-state index in [1.165, 1.54) is 0 Å². The summed E-state index contributed by atoms with van der Waals surface area (Å²) >= 11 is 0. The number of hydrogen-bond donors (Lipinski definition) is 1. The molecule has 0 amide bonds. The minimum atomic E-state index is 0.755. The molecule has 0 unspecified atom stereocenters. The number of rotatable bonds is 0. The highest BCUT2D eigenvalue weighted by molar-refractivity contribution is 5.61. The van der Waals surface area contributed by atoms with Crippen LogP contribution in [0.4, 0.5) is 5.82 Å². The van der Waals surface area contributed by atoms with Crippen molar-refractivity contribution in [1.82, 2.24) is 19.7 Å². The predicted molar refractivity (Wildman–Crippen MR) is 51.2 cm³/mol. The Labute approximate surface area is 80.8 Å². The third-order valence-corrected chi connectivity index (χ3v) is 2.40. The van der Waals surface area contributed by atoms with Crippen LogP contribution in [-0.4, -0.2) is 19.7 Å². The molecule has 1 aliphatic rings. The van der Waals surface area contributed by atoms with Gasteiger partial charge in [0.2, 0.25) is 0 Å². The van der Waals surface area contributed by atoms with Crippen molar-refractivity contribution < 1.29 is 0 Å². The van der Waals surface area contributed by atoms with Crippen molar-refractivity contribution in [2.24, 2.45) is 0 Å². The van der Waals surface area contributed by atoms with E-state index in [0.717, 1.165) is 29.3 Å². The summed E-state index contributed by atoms with van der Waals surface area (Å²) in [4.78, 5) is 4.12. The molecule has 0 spiro atoms. The Bertz CT molecular complexity index is 488. The van der Waals surface area contributed by atoms with E-state index >= 15 is 0 Å². The van der Waals surface area contributed by atoms with Crippen molar-refractivity contribution in [1.29, 1.82) is 0 Å². The maximum atomic E-state index is 4.12. The largest absolute Gasteiger partial charge is 0.361 e. The number of nitrogens with zero attached hydrogens (tertiary/aromatic N) is 4. The van der Waals surface area contributed by atoms with E-state index in [0.29, 0.717) is 0 Å². The van der Waals surface area contributed by atoms with Gasteiger partial charge in [-0.25, -0.2) is 4.98 Å². The summed E-state index contributed by atoms with van der Waals surface area (Å²) in [7, 11) is 0. The van der Waals surface area contributed by atoms with Gasteiger partial charge in [-0.15, -0.1) is 5.10 Å². The molecule has 0 aromatic carbocycles. The SMILES string of the molecule is Cc1cnnc2c1-n1cncc1CN2. The first-order valence-electron chi connectivity index (χ1n) is 4.44. The Balaban J connectivity index is 2.34. The van der Waals surface area contributed by atoms with E-state index in [1.54, 1.807) is 6.20 Å². The molecule has 0 atom stereocenters. The number of aryl methyl sites for hydroxylation is 1. The minimum absolute atomic E-state index is 0.755. The van der Waals surface area contributed by atoms with Gasteiger partial charge in [-0.2, -0.15) is 5.10 Å². The molecule has 2 aromatic rings. The zero-order chi connectivity index (χ0) is 9.54. The molecule has 0 bridgehead atoms. The maximum absolute atomic E-state index is 4.12. The lowest BCUT2D eigenvalue weighted by Crippen LogP contribution is -2.17. The molecule has 0 radical (unpaired) electrons. The van der Waals surface area contributed by atoms with E-state index in [4.69, 9.17) is 0 Å². The van der Waals surface area contributed by atoms with Crippen LogP contribution in [-0.2, 0) is 6.54 Å². The monoisotopic (exact) mass is 187 g/mol. The summed E-state index contributed by atoms with van der Waals surface area (Å²) in [5.41, 5.74) is 3.30. The van der Waals surface area contributed by atoms with Crippen molar-refractivity contribution in [3.8, 4) is 5.69 Å². The molecule has 3 heterocycles. The molecule has 0 aliphatic carbocycles. The molecule has 5 heteroatoms. The number of anilines is 1. The van der Waals surface area contributed by atoms with Crippen LogP contribution in [0.15, 0.2) is 18.7 Å². The van der Waals surface area contributed by atoms with Crippen LogP contribution in [0.1, 0.15) is 11.3 Å². The average Bonchev–Trinajstić information content (AvgIpc) is 2.65. The van der Waals surface area contributed by atoms with Crippen LogP contribution in [0.2, 0.25) is 0 Å². The second-order valence-corrected chi connectivity index (χ2v) is 3.33. The lowest BCUT2D eigenvalue weighted by atomic mass is 10.2. The lowest BCUT2D eigenvalue weighted by Gasteiger charge is -2.20. The second-order valence-electron chi connectivity index (χ2n) is 3.33. The van der Waals surface area contributed by atoms with Crippen LogP contribution in [0.5, 0.6) is 0 Å². The van der Waals surface area contributed by atoms with Crippen LogP contribution >= 0.6 is 0 Å². The van der Waals surface area contributed by atoms with E-state index < -0.39 is 0 Å².